The summed E-state index contributed by atoms with van der Waals surface area (Å²) in [6.07, 6.45) is 5.66. The van der Waals surface area contributed by atoms with E-state index in [1.807, 2.05) is 4.57 Å². The van der Waals surface area contributed by atoms with Crippen LogP contribution in [0.4, 0.5) is 0 Å². The lowest BCUT2D eigenvalue weighted by molar-refractivity contribution is 0.0520. The lowest BCUT2D eigenvalue weighted by atomic mass is 10.2. The van der Waals surface area contributed by atoms with Crippen molar-refractivity contribution in [2.45, 2.75) is 46.2 Å². The van der Waals surface area contributed by atoms with E-state index in [0.29, 0.717) is 18.3 Å². The van der Waals surface area contributed by atoms with Gasteiger partial charge in [0.15, 0.2) is 5.69 Å². The average Bonchev–Trinajstić information content (AvgIpc) is 2.84. The van der Waals surface area contributed by atoms with Crippen molar-refractivity contribution in [2.75, 3.05) is 13.2 Å². The third kappa shape index (κ3) is 4.49. The highest BCUT2D eigenvalue weighted by Gasteiger charge is 2.09. The van der Waals surface area contributed by atoms with Crippen LogP contribution < -0.4 is 5.32 Å². The van der Waals surface area contributed by atoms with Crippen LogP contribution in [0.5, 0.6) is 0 Å². The van der Waals surface area contributed by atoms with Crippen molar-refractivity contribution in [1.29, 1.82) is 0 Å². The van der Waals surface area contributed by atoms with Crippen molar-refractivity contribution in [2.24, 2.45) is 0 Å². The van der Waals surface area contributed by atoms with Crippen LogP contribution in [-0.4, -0.2) is 34.7 Å². The van der Waals surface area contributed by atoms with Gasteiger partial charge in [-0.15, -0.1) is 0 Å². The van der Waals surface area contributed by atoms with E-state index in [1.54, 1.807) is 19.4 Å². The predicted octanol–water partition coefficient (Wildman–Crippen LogP) is 1.84. The first kappa shape index (κ1) is 14.7. The molecule has 0 aliphatic heterocycles. The van der Waals surface area contributed by atoms with Crippen molar-refractivity contribution >= 4 is 5.97 Å². The number of hydrogen-bond donors (Lipinski definition) is 1. The number of imidazole rings is 1. The van der Waals surface area contributed by atoms with Gasteiger partial charge in [-0.3, -0.25) is 0 Å². The minimum Gasteiger partial charge on any atom is -0.461 e. The summed E-state index contributed by atoms with van der Waals surface area (Å²) in [5, 5.41) is 3.47. The normalized spacial score (nSPS) is 10.9. The summed E-state index contributed by atoms with van der Waals surface area (Å²) in [5.41, 5.74) is 0.374. The number of nitrogens with zero attached hydrogens (tertiary/aromatic N) is 2. The molecule has 0 saturated carbocycles. The molecule has 5 heteroatoms. The Labute approximate surface area is 109 Å². The van der Waals surface area contributed by atoms with Crippen LogP contribution in [0.3, 0.4) is 0 Å². The molecule has 1 rings (SSSR count). The van der Waals surface area contributed by atoms with Gasteiger partial charge >= 0.3 is 5.97 Å². The van der Waals surface area contributed by atoms with E-state index in [2.05, 4.69) is 24.1 Å². The van der Waals surface area contributed by atoms with Crippen LogP contribution in [0.1, 0.15) is 44.1 Å². The molecule has 0 radical (unpaired) electrons. The summed E-state index contributed by atoms with van der Waals surface area (Å²) in [7, 11) is 0. The molecule has 0 aliphatic rings. The molecule has 18 heavy (non-hydrogen) atoms. The summed E-state index contributed by atoms with van der Waals surface area (Å²) in [4.78, 5) is 15.5. The largest absolute Gasteiger partial charge is 0.461 e. The Hall–Kier alpha value is -1.36. The Kier molecular flexibility index (Phi) is 6.43. The summed E-state index contributed by atoms with van der Waals surface area (Å²) in [6.45, 7) is 8.21. The molecule has 0 amide bonds. The quantitative estimate of drug-likeness (QED) is 0.718. The molecule has 0 atom stereocenters. The van der Waals surface area contributed by atoms with E-state index in [4.69, 9.17) is 4.74 Å². The molecule has 0 fully saturated rings. The first-order valence-corrected chi connectivity index (χ1v) is 6.63. The summed E-state index contributed by atoms with van der Waals surface area (Å²) in [6, 6.07) is 0.568. The fraction of sp³-hybridized carbons (Fsp3) is 0.692. The number of nitrogens with one attached hydrogen (secondary N) is 1. The Balaban J connectivity index is 2.37. The SMILES string of the molecule is CCOC(=O)c1cn(CCNC(CC)CC)cn1. The first-order valence-electron chi connectivity index (χ1n) is 6.63. The predicted molar refractivity (Wildman–Crippen MR) is 70.6 cm³/mol. The minimum absolute atomic E-state index is 0.357. The van der Waals surface area contributed by atoms with Crippen molar-refractivity contribution in [3.05, 3.63) is 18.2 Å². The molecule has 5 nitrogen and oxygen atoms in total. The summed E-state index contributed by atoms with van der Waals surface area (Å²) >= 11 is 0. The van der Waals surface area contributed by atoms with Crippen LogP contribution in [0.2, 0.25) is 0 Å². The van der Waals surface area contributed by atoms with Gasteiger partial charge in [0.1, 0.15) is 0 Å². The number of hydrogen-bond acceptors (Lipinski definition) is 4. The second kappa shape index (κ2) is 7.87. The Morgan fingerprint density at radius 3 is 2.78 bits per heavy atom. The second-order valence-corrected chi connectivity index (χ2v) is 4.18. The van der Waals surface area contributed by atoms with E-state index in [0.717, 1.165) is 25.9 Å². The number of rotatable bonds is 8. The molecule has 1 aromatic heterocycles. The summed E-state index contributed by atoms with van der Waals surface area (Å²) < 4.78 is 6.79. The van der Waals surface area contributed by atoms with Crippen LogP contribution in [0.15, 0.2) is 12.5 Å². The molecular weight excluding hydrogens is 230 g/mol. The molecule has 0 bridgehead atoms. The van der Waals surface area contributed by atoms with Gasteiger partial charge in [-0.25, -0.2) is 9.78 Å². The standard InChI is InChI=1S/C13H23N3O2/c1-4-11(5-2)14-7-8-16-9-12(15-10-16)13(17)18-6-3/h9-11,14H,4-8H2,1-3H3. The van der Waals surface area contributed by atoms with Gasteiger partial charge in [0.25, 0.3) is 0 Å². The van der Waals surface area contributed by atoms with Crippen LogP contribution in [-0.2, 0) is 11.3 Å². The van der Waals surface area contributed by atoms with Gasteiger partial charge in [0.05, 0.1) is 12.9 Å². The molecule has 0 saturated heterocycles. The molecule has 0 aromatic carbocycles. The van der Waals surface area contributed by atoms with Crippen molar-refractivity contribution < 1.29 is 9.53 Å². The van der Waals surface area contributed by atoms with Crippen molar-refractivity contribution in [3.63, 3.8) is 0 Å². The van der Waals surface area contributed by atoms with E-state index < -0.39 is 0 Å². The highest BCUT2D eigenvalue weighted by molar-refractivity contribution is 5.86. The highest BCUT2D eigenvalue weighted by Crippen LogP contribution is 2.00. The molecular formula is C13H23N3O2. The second-order valence-electron chi connectivity index (χ2n) is 4.18. The van der Waals surface area contributed by atoms with Gasteiger partial charge in [0, 0.05) is 25.3 Å². The van der Waals surface area contributed by atoms with Crippen molar-refractivity contribution in [3.8, 4) is 0 Å². The molecule has 1 heterocycles. The van der Waals surface area contributed by atoms with E-state index in [9.17, 15) is 4.79 Å². The Morgan fingerprint density at radius 2 is 2.17 bits per heavy atom. The molecule has 0 aliphatic carbocycles. The zero-order valence-electron chi connectivity index (χ0n) is 11.5. The Bertz CT molecular complexity index is 359. The smallest absolute Gasteiger partial charge is 0.358 e. The molecule has 1 N–H and O–H groups in total. The fourth-order valence-corrected chi connectivity index (χ4v) is 1.77. The Morgan fingerprint density at radius 1 is 1.44 bits per heavy atom. The number of esters is 1. The number of ether oxygens (including phenoxy) is 1. The molecule has 0 unspecified atom stereocenters. The van der Waals surface area contributed by atoms with Crippen LogP contribution in [0.25, 0.3) is 0 Å². The van der Waals surface area contributed by atoms with Gasteiger partial charge in [-0.2, -0.15) is 0 Å². The van der Waals surface area contributed by atoms with Crippen molar-refractivity contribution in [1.82, 2.24) is 14.9 Å². The van der Waals surface area contributed by atoms with Crippen LogP contribution >= 0.6 is 0 Å². The zero-order chi connectivity index (χ0) is 13.4. The maximum atomic E-state index is 11.4. The maximum absolute atomic E-state index is 11.4. The lowest BCUT2D eigenvalue weighted by Crippen LogP contribution is -2.30. The zero-order valence-corrected chi connectivity index (χ0v) is 11.5. The molecule has 1 aromatic rings. The van der Waals surface area contributed by atoms with E-state index in [-0.39, 0.29) is 5.97 Å². The number of carbonyl (C=O) groups is 1. The maximum Gasteiger partial charge on any atom is 0.358 e. The van der Waals surface area contributed by atoms with E-state index >= 15 is 0 Å². The third-order valence-corrected chi connectivity index (χ3v) is 2.91. The minimum atomic E-state index is -0.357. The monoisotopic (exact) mass is 253 g/mol. The van der Waals surface area contributed by atoms with Gasteiger partial charge in [-0.1, -0.05) is 13.8 Å². The molecule has 102 valence electrons. The first-order chi connectivity index (χ1) is 8.71. The topological polar surface area (TPSA) is 56.1 Å². The van der Waals surface area contributed by atoms with E-state index in [1.165, 1.54) is 0 Å². The number of carbonyl (C=O) groups excluding carboxylic acids is 1. The third-order valence-electron chi connectivity index (χ3n) is 2.91. The average molecular weight is 253 g/mol. The van der Waals surface area contributed by atoms with Gasteiger partial charge < -0.3 is 14.6 Å². The fourth-order valence-electron chi connectivity index (χ4n) is 1.77. The van der Waals surface area contributed by atoms with Gasteiger partial charge in [0.2, 0.25) is 0 Å². The number of aromatic nitrogens is 2. The lowest BCUT2D eigenvalue weighted by Gasteiger charge is -2.14. The van der Waals surface area contributed by atoms with Gasteiger partial charge in [-0.05, 0) is 19.8 Å². The molecule has 0 spiro atoms. The van der Waals surface area contributed by atoms with Crippen LogP contribution in [0, 0.1) is 0 Å². The summed E-state index contributed by atoms with van der Waals surface area (Å²) in [5.74, 6) is -0.357. The highest BCUT2D eigenvalue weighted by atomic mass is 16.5.